The second-order valence-corrected chi connectivity index (χ2v) is 3.52. The zero-order valence-electron chi connectivity index (χ0n) is 6.28. The fraction of sp³-hybridized carbons (Fsp3) is 0.667. The molecule has 0 amide bonds. The molecule has 1 aliphatic heterocycles. The summed E-state index contributed by atoms with van der Waals surface area (Å²) >= 11 is 3.33. The molecule has 0 aromatic rings. The minimum atomic E-state index is -0.201. The van der Waals surface area contributed by atoms with E-state index in [4.69, 9.17) is 11.5 Å². The van der Waals surface area contributed by atoms with Crippen LogP contribution in [0.3, 0.4) is 0 Å². The Kier molecular flexibility index (Phi) is 3.16. The summed E-state index contributed by atoms with van der Waals surface area (Å²) in [4.78, 5) is 2.14. The van der Waals surface area contributed by atoms with Gasteiger partial charge in [0.05, 0.1) is 22.3 Å². The molecule has 0 bridgehead atoms. The van der Waals surface area contributed by atoms with E-state index in [1.54, 1.807) is 0 Å². The molecule has 0 aliphatic carbocycles. The van der Waals surface area contributed by atoms with Crippen LogP contribution in [0.25, 0.3) is 0 Å². The van der Waals surface area contributed by atoms with Crippen LogP contribution in [0, 0.1) is 0 Å². The summed E-state index contributed by atoms with van der Waals surface area (Å²) < 4.78 is 1.93. The number of rotatable bonds is 3. The van der Waals surface area contributed by atoms with Crippen molar-refractivity contribution in [2.45, 2.75) is 12.6 Å². The highest BCUT2D eigenvalue weighted by atomic mass is 79.9. The van der Waals surface area contributed by atoms with Crippen LogP contribution < -0.4 is 11.5 Å². The monoisotopic (exact) mass is 220 g/mol. The number of nitrogens with two attached hydrogens (primary N) is 2. The fourth-order valence-corrected chi connectivity index (χ4v) is 1.29. The van der Waals surface area contributed by atoms with E-state index >= 15 is 0 Å². The molecular formula is C6H13BrN4. The quantitative estimate of drug-likeness (QED) is 0.519. The lowest BCUT2D eigenvalue weighted by atomic mass is 10.3. The summed E-state index contributed by atoms with van der Waals surface area (Å²) in [7, 11) is 0. The molecule has 0 fully saturated rings. The van der Waals surface area contributed by atoms with Gasteiger partial charge in [-0.1, -0.05) is 0 Å². The molecule has 0 aromatic carbocycles. The molecule has 1 heterocycles. The number of hydrogen-bond acceptors (Lipinski definition) is 4. The number of nitrogens with zero attached hydrogens (tertiary/aromatic N) is 2. The Morgan fingerprint density at radius 3 is 2.64 bits per heavy atom. The van der Waals surface area contributed by atoms with Gasteiger partial charge in [0.2, 0.25) is 0 Å². The molecule has 1 rings (SSSR count). The van der Waals surface area contributed by atoms with Gasteiger partial charge in [0.15, 0.2) is 0 Å². The summed E-state index contributed by atoms with van der Waals surface area (Å²) in [6.07, 6.45) is 4.59. The third kappa shape index (κ3) is 3.09. The molecule has 4 nitrogen and oxygen atoms in total. The fourth-order valence-electron chi connectivity index (χ4n) is 0.895. The molecule has 64 valence electrons. The first-order chi connectivity index (χ1) is 5.18. The highest BCUT2D eigenvalue weighted by Crippen LogP contribution is 2.10. The minimum Gasteiger partial charge on any atom is -0.358 e. The average Bonchev–Trinajstić information content (AvgIpc) is 2.31. The van der Waals surface area contributed by atoms with E-state index in [0.29, 0.717) is 0 Å². The Hall–Kier alpha value is -0.260. The SMILES string of the molecule is NC(N)CCN1C=CN(Br)C1. The Balaban J connectivity index is 2.14. The Bertz CT molecular complexity index is 148. The van der Waals surface area contributed by atoms with Gasteiger partial charge < -0.3 is 16.4 Å². The first kappa shape index (κ1) is 8.83. The predicted molar refractivity (Wildman–Crippen MR) is 48.3 cm³/mol. The lowest BCUT2D eigenvalue weighted by Crippen LogP contribution is -2.34. The Morgan fingerprint density at radius 2 is 2.18 bits per heavy atom. The summed E-state index contributed by atoms with van der Waals surface area (Å²) in [6.45, 7) is 1.78. The molecule has 0 saturated heterocycles. The van der Waals surface area contributed by atoms with Crippen LogP contribution in [0.4, 0.5) is 0 Å². The van der Waals surface area contributed by atoms with E-state index in [1.165, 1.54) is 0 Å². The van der Waals surface area contributed by atoms with Gasteiger partial charge in [0.25, 0.3) is 0 Å². The van der Waals surface area contributed by atoms with Crippen molar-refractivity contribution in [3.05, 3.63) is 12.4 Å². The van der Waals surface area contributed by atoms with Crippen molar-refractivity contribution in [1.82, 2.24) is 8.83 Å². The van der Waals surface area contributed by atoms with Gasteiger partial charge in [-0.3, -0.25) is 3.93 Å². The van der Waals surface area contributed by atoms with E-state index in [0.717, 1.165) is 19.6 Å². The molecule has 5 heteroatoms. The zero-order chi connectivity index (χ0) is 8.27. The van der Waals surface area contributed by atoms with Crippen molar-refractivity contribution in [1.29, 1.82) is 0 Å². The molecule has 1 aliphatic rings. The molecular weight excluding hydrogens is 208 g/mol. The van der Waals surface area contributed by atoms with Crippen molar-refractivity contribution < 1.29 is 0 Å². The zero-order valence-corrected chi connectivity index (χ0v) is 7.87. The van der Waals surface area contributed by atoms with E-state index < -0.39 is 0 Å². The van der Waals surface area contributed by atoms with Crippen LogP contribution in [0.5, 0.6) is 0 Å². The van der Waals surface area contributed by atoms with Crippen LogP contribution in [-0.4, -0.2) is 28.2 Å². The van der Waals surface area contributed by atoms with Crippen LogP contribution >= 0.6 is 16.1 Å². The molecule has 0 aromatic heterocycles. The largest absolute Gasteiger partial charge is 0.358 e. The lowest BCUT2D eigenvalue weighted by molar-refractivity contribution is 0.335. The normalized spacial score (nSPS) is 17.1. The van der Waals surface area contributed by atoms with Crippen molar-refractivity contribution in [2.24, 2.45) is 11.5 Å². The lowest BCUT2D eigenvalue weighted by Gasteiger charge is -2.17. The van der Waals surface area contributed by atoms with Crippen LogP contribution in [0.2, 0.25) is 0 Å². The Labute approximate surface area is 75.1 Å². The molecule has 0 unspecified atom stereocenters. The third-order valence-corrected chi connectivity index (χ3v) is 1.97. The average molecular weight is 221 g/mol. The summed E-state index contributed by atoms with van der Waals surface area (Å²) in [5.41, 5.74) is 10.8. The molecule has 0 radical (unpaired) electrons. The van der Waals surface area contributed by atoms with Crippen LogP contribution in [0.15, 0.2) is 12.4 Å². The van der Waals surface area contributed by atoms with Gasteiger partial charge in [-0.25, -0.2) is 0 Å². The molecule has 11 heavy (non-hydrogen) atoms. The second kappa shape index (κ2) is 3.94. The van der Waals surface area contributed by atoms with Crippen LogP contribution in [-0.2, 0) is 0 Å². The maximum Gasteiger partial charge on any atom is 0.100 e. The van der Waals surface area contributed by atoms with Crippen molar-refractivity contribution in [3.8, 4) is 0 Å². The van der Waals surface area contributed by atoms with Crippen molar-refractivity contribution in [2.75, 3.05) is 13.2 Å². The van der Waals surface area contributed by atoms with E-state index in [9.17, 15) is 0 Å². The van der Waals surface area contributed by atoms with E-state index in [-0.39, 0.29) is 6.17 Å². The topological polar surface area (TPSA) is 58.5 Å². The highest BCUT2D eigenvalue weighted by Gasteiger charge is 2.09. The van der Waals surface area contributed by atoms with E-state index in [2.05, 4.69) is 21.0 Å². The molecule has 0 saturated carbocycles. The van der Waals surface area contributed by atoms with Gasteiger partial charge in [-0.05, 0) is 6.42 Å². The minimum absolute atomic E-state index is 0.201. The second-order valence-electron chi connectivity index (χ2n) is 2.60. The Morgan fingerprint density at radius 1 is 1.45 bits per heavy atom. The first-order valence-electron chi connectivity index (χ1n) is 3.54. The van der Waals surface area contributed by atoms with Gasteiger partial charge in [0, 0.05) is 18.9 Å². The third-order valence-electron chi connectivity index (χ3n) is 1.51. The summed E-state index contributed by atoms with van der Waals surface area (Å²) in [5, 5.41) is 0. The smallest absolute Gasteiger partial charge is 0.100 e. The first-order valence-corrected chi connectivity index (χ1v) is 4.25. The molecule has 0 atom stereocenters. The van der Waals surface area contributed by atoms with Gasteiger partial charge >= 0.3 is 0 Å². The number of halogens is 1. The van der Waals surface area contributed by atoms with E-state index in [1.807, 2.05) is 16.3 Å². The van der Waals surface area contributed by atoms with Crippen molar-refractivity contribution in [3.63, 3.8) is 0 Å². The standard InChI is InChI=1S/C6H13BrN4/c7-11-4-3-10(5-11)2-1-6(8)9/h3-4,6H,1-2,5,8-9H2. The summed E-state index contributed by atoms with van der Waals surface area (Å²) in [6, 6.07) is 0. The maximum absolute atomic E-state index is 5.41. The summed E-state index contributed by atoms with van der Waals surface area (Å²) in [5.74, 6) is 0. The molecule has 0 spiro atoms. The van der Waals surface area contributed by atoms with Gasteiger partial charge in [-0.15, -0.1) is 0 Å². The van der Waals surface area contributed by atoms with Gasteiger partial charge in [0.1, 0.15) is 6.67 Å². The highest BCUT2D eigenvalue weighted by molar-refractivity contribution is 9.07. The molecule has 4 N–H and O–H groups in total. The van der Waals surface area contributed by atoms with Crippen molar-refractivity contribution >= 4 is 16.1 Å². The maximum atomic E-state index is 5.41. The van der Waals surface area contributed by atoms with Crippen LogP contribution in [0.1, 0.15) is 6.42 Å². The number of hydrogen-bond donors (Lipinski definition) is 2. The van der Waals surface area contributed by atoms with Gasteiger partial charge in [-0.2, -0.15) is 0 Å². The predicted octanol–water partition coefficient (Wildman–Crippen LogP) is -0.0238.